The first-order valence-corrected chi connectivity index (χ1v) is 9.49. The fourth-order valence-electron chi connectivity index (χ4n) is 2.71. The van der Waals surface area contributed by atoms with Crippen LogP contribution in [0.1, 0.15) is 12.0 Å². The summed E-state index contributed by atoms with van der Waals surface area (Å²) in [6, 6.07) is 26.2. The lowest BCUT2D eigenvalue weighted by atomic mass is 10.1. The molecule has 3 aromatic carbocycles. The molecule has 0 aliphatic rings. The Hall–Kier alpha value is -2.85. The monoisotopic (exact) mass is 361 g/mol. The average Bonchev–Trinajstić information content (AvgIpc) is 3.10. The number of thiazole rings is 1. The van der Waals surface area contributed by atoms with Crippen LogP contribution in [0.3, 0.4) is 0 Å². The van der Waals surface area contributed by atoms with E-state index >= 15 is 0 Å². The van der Waals surface area contributed by atoms with Crippen LogP contribution in [0.4, 0.5) is 0 Å². The SMILES string of the molecule is c1ccc(CCCOc2ccc(Oc3nc4ccccc4s3)cc2)cc1. The highest BCUT2D eigenvalue weighted by Crippen LogP contribution is 2.31. The van der Waals surface area contributed by atoms with E-state index in [1.807, 2.05) is 54.6 Å². The number of aryl methyl sites for hydroxylation is 1. The van der Waals surface area contributed by atoms with Crippen LogP contribution in [0.2, 0.25) is 0 Å². The van der Waals surface area contributed by atoms with Gasteiger partial charge >= 0.3 is 0 Å². The summed E-state index contributed by atoms with van der Waals surface area (Å²) in [5.41, 5.74) is 2.31. The summed E-state index contributed by atoms with van der Waals surface area (Å²) >= 11 is 1.55. The zero-order valence-electron chi connectivity index (χ0n) is 14.3. The number of rotatable bonds is 7. The van der Waals surface area contributed by atoms with Gasteiger partial charge in [0.2, 0.25) is 0 Å². The summed E-state index contributed by atoms with van der Waals surface area (Å²) in [5.74, 6) is 1.62. The second-order valence-corrected chi connectivity index (χ2v) is 6.95. The first kappa shape index (κ1) is 16.6. The van der Waals surface area contributed by atoms with Gasteiger partial charge in [-0.1, -0.05) is 53.8 Å². The van der Waals surface area contributed by atoms with Gasteiger partial charge in [-0.2, -0.15) is 0 Å². The Balaban J connectivity index is 1.29. The molecule has 0 saturated heterocycles. The highest BCUT2D eigenvalue weighted by atomic mass is 32.1. The van der Waals surface area contributed by atoms with E-state index in [0.717, 1.165) is 34.6 Å². The molecule has 3 nitrogen and oxygen atoms in total. The van der Waals surface area contributed by atoms with Crippen molar-refractivity contribution in [2.45, 2.75) is 12.8 Å². The number of aromatic nitrogens is 1. The summed E-state index contributed by atoms with van der Waals surface area (Å²) in [6.45, 7) is 0.701. The molecule has 0 aliphatic carbocycles. The Kier molecular flexibility index (Phi) is 5.12. The lowest BCUT2D eigenvalue weighted by Crippen LogP contribution is -1.99. The van der Waals surface area contributed by atoms with Crippen LogP contribution in [0.25, 0.3) is 10.2 Å². The van der Waals surface area contributed by atoms with Crippen molar-refractivity contribution in [2.24, 2.45) is 0 Å². The van der Waals surface area contributed by atoms with Gasteiger partial charge in [0.15, 0.2) is 0 Å². The Bertz CT molecular complexity index is 931. The molecule has 0 amide bonds. The minimum absolute atomic E-state index is 0.655. The van der Waals surface area contributed by atoms with E-state index in [1.165, 1.54) is 5.56 Å². The molecule has 0 N–H and O–H groups in total. The van der Waals surface area contributed by atoms with Crippen LogP contribution in [-0.4, -0.2) is 11.6 Å². The van der Waals surface area contributed by atoms with Gasteiger partial charge in [0.1, 0.15) is 11.5 Å². The van der Waals surface area contributed by atoms with Crippen molar-refractivity contribution in [3.05, 3.63) is 84.4 Å². The van der Waals surface area contributed by atoms with E-state index in [-0.39, 0.29) is 0 Å². The van der Waals surface area contributed by atoms with Crippen LogP contribution in [0.5, 0.6) is 16.7 Å². The maximum absolute atomic E-state index is 5.85. The third-order valence-electron chi connectivity index (χ3n) is 4.02. The summed E-state index contributed by atoms with van der Waals surface area (Å²) in [5, 5.41) is 0.655. The maximum Gasteiger partial charge on any atom is 0.279 e. The summed E-state index contributed by atoms with van der Waals surface area (Å²) in [7, 11) is 0. The normalized spacial score (nSPS) is 10.8. The largest absolute Gasteiger partial charge is 0.494 e. The van der Waals surface area contributed by atoms with Crippen LogP contribution in [0, 0.1) is 0 Å². The molecule has 0 fully saturated rings. The molecule has 0 unspecified atom stereocenters. The van der Waals surface area contributed by atoms with E-state index in [0.29, 0.717) is 11.8 Å². The molecule has 0 radical (unpaired) electrons. The minimum atomic E-state index is 0.655. The Morgan fingerprint density at radius 2 is 1.50 bits per heavy atom. The van der Waals surface area contributed by atoms with Gasteiger partial charge in [0, 0.05) is 0 Å². The lowest BCUT2D eigenvalue weighted by Gasteiger charge is -2.07. The third-order valence-corrected chi connectivity index (χ3v) is 4.94. The molecule has 4 heteroatoms. The molecule has 26 heavy (non-hydrogen) atoms. The van der Waals surface area contributed by atoms with E-state index < -0.39 is 0 Å². The van der Waals surface area contributed by atoms with Gasteiger partial charge in [-0.15, -0.1) is 0 Å². The number of hydrogen-bond acceptors (Lipinski definition) is 4. The van der Waals surface area contributed by atoms with E-state index in [2.05, 4.69) is 29.2 Å². The summed E-state index contributed by atoms with van der Waals surface area (Å²) < 4.78 is 12.8. The first-order chi connectivity index (χ1) is 12.9. The number of benzene rings is 3. The molecule has 1 heterocycles. The minimum Gasteiger partial charge on any atom is -0.494 e. The van der Waals surface area contributed by atoms with E-state index in [1.54, 1.807) is 11.3 Å². The summed E-state index contributed by atoms with van der Waals surface area (Å²) in [4.78, 5) is 4.48. The number of nitrogens with zero attached hydrogens (tertiary/aromatic N) is 1. The van der Waals surface area contributed by atoms with Gasteiger partial charge in [-0.05, 0) is 54.8 Å². The van der Waals surface area contributed by atoms with Crippen molar-refractivity contribution in [3.8, 4) is 16.7 Å². The molecule has 0 saturated carbocycles. The molecule has 4 rings (SSSR count). The lowest BCUT2D eigenvalue weighted by molar-refractivity contribution is 0.310. The standard InChI is InChI=1S/C22H19NO2S/c1-2-7-17(8-3-1)9-6-16-24-18-12-14-19(15-13-18)25-22-23-20-10-4-5-11-21(20)26-22/h1-5,7-8,10-15H,6,9,16H2. The van der Waals surface area contributed by atoms with Crippen molar-refractivity contribution in [2.75, 3.05) is 6.61 Å². The Morgan fingerprint density at radius 3 is 2.31 bits per heavy atom. The molecular weight excluding hydrogens is 342 g/mol. The zero-order chi connectivity index (χ0) is 17.6. The van der Waals surface area contributed by atoms with Crippen molar-refractivity contribution >= 4 is 21.6 Å². The Labute approximate surface area is 156 Å². The molecule has 0 aliphatic heterocycles. The molecule has 1 aromatic heterocycles. The van der Waals surface area contributed by atoms with Gasteiger partial charge < -0.3 is 9.47 Å². The quantitative estimate of drug-likeness (QED) is 0.373. The van der Waals surface area contributed by atoms with Gasteiger partial charge in [0.05, 0.1) is 16.8 Å². The van der Waals surface area contributed by atoms with Gasteiger partial charge in [-0.25, -0.2) is 4.98 Å². The Morgan fingerprint density at radius 1 is 0.769 bits per heavy atom. The number of ether oxygens (including phenoxy) is 2. The fraction of sp³-hybridized carbons (Fsp3) is 0.136. The molecule has 4 aromatic rings. The highest BCUT2D eigenvalue weighted by Gasteiger charge is 2.05. The second kappa shape index (κ2) is 8.02. The maximum atomic E-state index is 5.85. The predicted octanol–water partition coefficient (Wildman–Crippen LogP) is 6.10. The zero-order valence-corrected chi connectivity index (χ0v) is 15.1. The van der Waals surface area contributed by atoms with Crippen molar-refractivity contribution in [1.82, 2.24) is 4.98 Å². The topological polar surface area (TPSA) is 31.4 Å². The predicted molar refractivity (Wildman–Crippen MR) is 106 cm³/mol. The summed E-state index contributed by atoms with van der Waals surface area (Å²) in [6.07, 6.45) is 2.02. The average molecular weight is 361 g/mol. The van der Waals surface area contributed by atoms with Crippen molar-refractivity contribution < 1.29 is 9.47 Å². The van der Waals surface area contributed by atoms with Crippen LogP contribution < -0.4 is 9.47 Å². The second-order valence-electron chi connectivity index (χ2n) is 5.96. The van der Waals surface area contributed by atoms with E-state index in [9.17, 15) is 0 Å². The van der Waals surface area contributed by atoms with Crippen LogP contribution in [-0.2, 0) is 6.42 Å². The number of hydrogen-bond donors (Lipinski definition) is 0. The fourth-order valence-corrected chi connectivity index (χ4v) is 3.55. The molecule has 130 valence electrons. The van der Waals surface area contributed by atoms with Crippen LogP contribution in [0.15, 0.2) is 78.9 Å². The third kappa shape index (κ3) is 4.21. The smallest absolute Gasteiger partial charge is 0.279 e. The van der Waals surface area contributed by atoms with Gasteiger partial charge in [0.25, 0.3) is 5.19 Å². The van der Waals surface area contributed by atoms with E-state index in [4.69, 9.17) is 9.47 Å². The molecule has 0 atom stereocenters. The number of para-hydroxylation sites is 1. The van der Waals surface area contributed by atoms with Gasteiger partial charge in [-0.3, -0.25) is 0 Å². The van der Waals surface area contributed by atoms with Crippen molar-refractivity contribution in [1.29, 1.82) is 0 Å². The highest BCUT2D eigenvalue weighted by molar-refractivity contribution is 7.20. The van der Waals surface area contributed by atoms with Crippen molar-refractivity contribution in [3.63, 3.8) is 0 Å². The molecule has 0 spiro atoms. The number of fused-ring (bicyclic) bond motifs is 1. The molecular formula is C22H19NO2S. The van der Waals surface area contributed by atoms with Crippen LogP contribution >= 0.6 is 11.3 Å². The first-order valence-electron chi connectivity index (χ1n) is 8.67. The molecule has 0 bridgehead atoms.